The molecule has 0 bridgehead atoms. The summed E-state index contributed by atoms with van der Waals surface area (Å²) in [5, 5.41) is 0. The van der Waals surface area contributed by atoms with Gasteiger partial charge in [-0.15, -0.1) is 0 Å². The van der Waals surface area contributed by atoms with Crippen LogP contribution in [0.1, 0.15) is 59.6 Å². The van der Waals surface area contributed by atoms with Gasteiger partial charge in [0.05, 0.1) is 0 Å². The zero-order chi connectivity index (χ0) is 12.0. The van der Waals surface area contributed by atoms with Crippen molar-refractivity contribution in [2.45, 2.75) is 60.3 Å². The van der Waals surface area contributed by atoms with Gasteiger partial charge < -0.3 is 0 Å². The molecular weight excluding hydrogens is 192 g/mol. The monoisotopic (exact) mass is 216 g/mol. The summed E-state index contributed by atoms with van der Waals surface area (Å²) in [6.45, 7) is 13.9. The molecule has 0 aliphatic heterocycles. The van der Waals surface area contributed by atoms with Gasteiger partial charge in [-0.05, 0) is 85.8 Å². The molecule has 2 rings (SSSR count). The molecule has 1 aliphatic rings. The highest BCUT2D eigenvalue weighted by atomic mass is 14.3. The Kier molecular flexibility index (Phi) is 2.86. The summed E-state index contributed by atoms with van der Waals surface area (Å²) in [4.78, 5) is 0. The Morgan fingerprint density at radius 3 is 2.00 bits per heavy atom. The molecule has 1 unspecified atom stereocenters. The molecule has 0 spiro atoms. The molecule has 0 saturated carbocycles. The van der Waals surface area contributed by atoms with E-state index in [2.05, 4.69) is 41.5 Å². The predicted molar refractivity (Wildman–Crippen MR) is 71.3 cm³/mol. The van der Waals surface area contributed by atoms with E-state index in [1.807, 2.05) is 0 Å². The van der Waals surface area contributed by atoms with Crippen molar-refractivity contribution in [2.24, 2.45) is 5.92 Å². The highest BCUT2D eigenvalue weighted by molar-refractivity contribution is 5.53. The molecule has 88 valence electrons. The maximum atomic E-state index is 2.36. The van der Waals surface area contributed by atoms with Crippen LogP contribution in [0, 0.1) is 33.6 Å². The third-order valence-corrected chi connectivity index (χ3v) is 4.75. The average Bonchev–Trinajstić information content (AvgIpc) is 2.67. The van der Waals surface area contributed by atoms with Crippen molar-refractivity contribution in [3.8, 4) is 0 Å². The summed E-state index contributed by atoms with van der Waals surface area (Å²) in [5.74, 6) is 1.58. The molecule has 1 aromatic carbocycles. The summed E-state index contributed by atoms with van der Waals surface area (Å²) in [6.07, 6.45) is 2.66. The first-order valence-corrected chi connectivity index (χ1v) is 6.54. The molecule has 0 heterocycles. The first-order valence-electron chi connectivity index (χ1n) is 6.54. The van der Waals surface area contributed by atoms with Gasteiger partial charge in [-0.1, -0.05) is 13.8 Å². The molecule has 0 saturated heterocycles. The van der Waals surface area contributed by atoms with E-state index in [1.165, 1.54) is 24.0 Å². The minimum absolute atomic E-state index is 0.779. The summed E-state index contributed by atoms with van der Waals surface area (Å²) >= 11 is 0. The third kappa shape index (κ3) is 1.50. The first-order chi connectivity index (χ1) is 7.45. The van der Waals surface area contributed by atoms with E-state index in [0.29, 0.717) is 0 Å². The van der Waals surface area contributed by atoms with E-state index in [4.69, 9.17) is 0 Å². The van der Waals surface area contributed by atoms with Crippen LogP contribution in [-0.2, 0) is 6.42 Å². The van der Waals surface area contributed by atoms with E-state index < -0.39 is 0 Å². The van der Waals surface area contributed by atoms with E-state index in [9.17, 15) is 0 Å². The van der Waals surface area contributed by atoms with Crippen molar-refractivity contribution in [3.05, 3.63) is 33.4 Å². The fourth-order valence-corrected chi connectivity index (χ4v) is 3.35. The maximum absolute atomic E-state index is 2.36. The third-order valence-electron chi connectivity index (χ3n) is 4.75. The number of fused-ring (bicyclic) bond motifs is 1. The first kappa shape index (κ1) is 11.7. The van der Waals surface area contributed by atoms with Crippen LogP contribution in [0.5, 0.6) is 0 Å². The van der Waals surface area contributed by atoms with Crippen molar-refractivity contribution in [2.75, 3.05) is 0 Å². The van der Waals surface area contributed by atoms with Crippen LogP contribution >= 0.6 is 0 Å². The molecule has 0 amide bonds. The highest BCUT2D eigenvalue weighted by Gasteiger charge is 2.29. The van der Waals surface area contributed by atoms with Crippen LogP contribution in [0.4, 0.5) is 0 Å². The van der Waals surface area contributed by atoms with Crippen molar-refractivity contribution < 1.29 is 0 Å². The maximum Gasteiger partial charge on any atom is -0.0130 e. The number of rotatable bonds is 1. The van der Waals surface area contributed by atoms with E-state index >= 15 is 0 Å². The average molecular weight is 216 g/mol. The molecule has 1 aromatic rings. The Balaban J connectivity index is 2.67. The van der Waals surface area contributed by atoms with Gasteiger partial charge >= 0.3 is 0 Å². The van der Waals surface area contributed by atoms with Gasteiger partial charge in [-0.3, -0.25) is 0 Å². The molecule has 0 N–H and O–H groups in total. The topological polar surface area (TPSA) is 0 Å². The van der Waals surface area contributed by atoms with Crippen LogP contribution in [0.2, 0.25) is 0 Å². The second-order valence-electron chi connectivity index (χ2n) is 5.78. The van der Waals surface area contributed by atoms with E-state index in [-0.39, 0.29) is 0 Å². The molecule has 0 aromatic heterocycles. The molecule has 0 nitrogen and oxygen atoms in total. The fraction of sp³-hybridized carbons (Fsp3) is 0.625. The van der Waals surface area contributed by atoms with Crippen LogP contribution in [0.15, 0.2) is 0 Å². The molecule has 0 heteroatoms. The fourth-order valence-electron chi connectivity index (χ4n) is 3.35. The van der Waals surface area contributed by atoms with Crippen LogP contribution in [0.25, 0.3) is 0 Å². The summed E-state index contributed by atoms with van der Waals surface area (Å²) in [7, 11) is 0. The summed E-state index contributed by atoms with van der Waals surface area (Å²) < 4.78 is 0. The minimum Gasteiger partial charge on any atom is -0.0622 e. The molecular formula is C16H24. The number of hydrogen-bond acceptors (Lipinski definition) is 0. The molecule has 16 heavy (non-hydrogen) atoms. The van der Waals surface area contributed by atoms with Gasteiger partial charge in [-0.2, -0.15) is 0 Å². The van der Waals surface area contributed by atoms with E-state index in [0.717, 1.165) is 11.8 Å². The SMILES string of the molecule is Cc1c(C)c(C)c2c(c1C)CCC2C(C)C. The van der Waals surface area contributed by atoms with E-state index in [1.54, 1.807) is 22.3 Å². The number of hydrogen-bond donors (Lipinski definition) is 0. The predicted octanol–water partition coefficient (Wildman–Crippen LogP) is 4.61. The number of benzene rings is 1. The normalized spacial score (nSPS) is 19.3. The quantitative estimate of drug-likeness (QED) is 0.643. The van der Waals surface area contributed by atoms with Gasteiger partial charge in [0, 0.05) is 0 Å². The van der Waals surface area contributed by atoms with Crippen LogP contribution < -0.4 is 0 Å². The highest BCUT2D eigenvalue weighted by Crippen LogP contribution is 2.43. The zero-order valence-corrected chi connectivity index (χ0v) is 11.6. The molecule has 1 atom stereocenters. The van der Waals surface area contributed by atoms with Gasteiger partial charge in [-0.25, -0.2) is 0 Å². The smallest absolute Gasteiger partial charge is 0.0130 e. The van der Waals surface area contributed by atoms with Crippen LogP contribution in [0.3, 0.4) is 0 Å². The Morgan fingerprint density at radius 2 is 1.44 bits per heavy atom. The molecule has 0 radical (unpaired) electrons. The second kappa shape index (κ2) is 3.91. The Bertz CT molecular complexity index is 424. The standard InChI is InChI=1S/C16H24/c1-9(2)14-7-8-15-12(5)10(3)11(4)13(6)16(14)15/h9,14H,7-8H2,1-6H3. The summed E-state index contributed by atoms with van der Waals surface area (Å²) in [6, 6.07) is 0. The van der Waals surface area contributed by atoms with Gasteiger partial charge in [0.1, 0.15) is 0 Å². The van der Waals surface area contributed by atoms with Crippen LogP contribution in [-0.4, -0.2) is 0 Å². The van der Waals surface area contributed by atoms with Gasteiger partial charge in [0.2, 0.25) is 0 Å². The Morgan fingerprint density at radius 1 is 0.875 bits per heavy atom. The largest absolute Gasteiger partial charge is 0.0622 e. The summed E-state index contributed by atoms with van der Waals surface area (Å²) in [5.41, 5.74) is 9.51. The zero-order valence-electron chi connectivity index (χ0n) is 11.6. The lowest BCUT2D eigenvalue weighted by atomic mass is 9.83. The minimum atomic E-state index is 0.779. The lowest BCUT2D eigenvalue weighted by Crippen LogP contribution is -2.07. The van der Waals surface area contributed by atoms with Gasteiger partial charge in [0.25, 0.3) is 0 Å². The van der Waals surface area contributed by atoms with Crippen molar-refractivity contribution in [3.63, 3.8) is 0 Å². The van der Waals surface area contributed by atoms with Crippen molar-refractivity contribution >= 4 is 0 Å². The second-order valence-corrected chi connectivity index (χ2v) is 5.78. The molecule has 1 aliphatic carbocycles. The molecule has 0 fully saturated rings. The Hall–Kier alpha value is -0.780. The lowest BCUT2D eigenvalue weighted by Gasteiger charge is -2.22. The van der Waals surface area contributed by atoms with Crippen molar-refractivity contribution in [1.82, 2.24) is 0 Å². The van der Waals surface area contributed by atoms with Gasteiger partial charge in [0.15, 0.2) is 0 Å². The lowest BCUT2D eigenvalue weighted by molar-refractivity contribution is 0.494. The Labute approximate surface area is 100 Å². The van der Waals surface area contributed by atoms with Crippen molar-refractivity contribution in [1.29, 1.82) is 0 Å².